The molecule has 2 aromatic rings. The number of alkyl halides is 1. The van der Waals surface area contributed by atoms with Gasteiger partial charge in [0.2, 0.25) is 0 Å². The maximum absolute atomic E-state index is 13.3. The number of carbonyl (C=O) groups excluding carboxylic acids is 1. The van der Waals surface area contributed by atoms with Gasteiger partial charge in [-0.25, -0.2) is 17.6 Å². The molecular weight excluding hydrogens is 543 g/mol. The zero-order valence-corrected chi connectivity index (χ0v) is 25.3. The van der Waals surface area contributed by atoms with E-state index in [1.54, 1.807) is 4.90 Å². The third kappa shape index (κ3) is 7.80. The molecule has 0 bridgehead atoms. The lowest BCUT2D eigenvalue weighted by Gasteiger charge is -2.44. The van der Waals surface area contributed by atoms with Crippen LogP contribution in [0.2, 0.25) is 0 Å². The van der Waals surface area contributed by atoms with Gasteiger partial charge in [-0.3, -0.25) is 0 Å². The molecule has 1 atom stereocenters. The van der Waals surface area contributed by atoms with Crippen LogP contribution in [0, 0.1) is 0 Å². The van der Waals surface area contributed by atoms with E-state index >= 15 is 0 Å². The molecule has 0 radical (unpaired) electrons. The Morgan fingerprint density at radius 3 is 2.41 bits per heavy atom. The Morgan fingerprint density at radius 2 is 1.76 bits per heavy atom. The van der Waals surface area contributed by atoms with Gasteiger partial charge in [0, 0.05) is 39.0 Å². The van der Waals surface area contributed by atoms with Crippen molar-refractivity contribution in [2.24, 2.45) is 0 Å². The Labute approximate surface area is 243 Å². The van der Waals surface area contributed by atoms with Crippen molar-refractivity contribution in [2.45, 2.75) is 82.4 Å². The number of carbonyl (C=O) groups is 1. The summed E-state index contributed by atoms with van der Waals surface area (Å²) < 4.78 is 50.7. The van der Waals surface area contributed by atoms with Gasteiger partial charge in [0.25, 0.3) is 0 Å². The number of hydrogen-bond donors (Lipinski definition) is 0. The summed E-state index contributed by atoms with van der Waals surface area (Å²) in [4.78, 5) is 16.3. The Hall–Kier alpha value is -2.65. The molecule has 2 fully saturated rings. The van der Waals surface area contributed by atoms with E-state index in [1.165, 1.54) is 5.56 Å². The lowest BCUT2D eigenvalue weighted by Crippen LogP contribution is -2.52. The molecule has 2 saturated heterocycles. The SMILES string of the molecule is CC(C)(C)OC(=O)N1CCC2(CCc3cc(-c4ccc(CS(=O)(=O)CCCN5CCC(F)C5)cc4)ccc3O2)CC1. The molecule has 41 heavy (non-hydrogen) atoms. The Balaban J connectivity index is 1.14. The van der Waals surface area contributed by atoms with Gasteiger partial charge in [-0.2, -0.15) is 0 Å². The highest BCUT2D eigenvalue weighted by molar-refractivity contribution is 7.90. The topological polar surface area (TPSA) is 76.2 Å². The first-order chi connectivity index (χ1) is 19.4. The molecule has 9 heteroatoms. The summed E-state index contributed by atoms with van der Waals surface area (Å²) in [5.41, 5.74) is 3.32. The molecule has 3 aliphatic rings. The van der Waals surface area contributed by atoms with Crippen LogP contribution in [-0.4, -0.2) is 80.2 Å². The lowest BCUT2D eigenvalue weighted by atomic mass is 9.82. The average Bonchev–Trinajstić information content (AvgIpc) is 3.32. The van der Waals surface area contributed by atoms with Gasteiger partial charge in [0.15, 0.2) is 9.84 Å². The van der Waals surface area contributed by atoms with Gasteiger partial charge in [0.05, 0.1) is 11.5 Å². The smallest absolute Gasteiger partial charge is 0.410 e. The van der Waals surface area contributed by atoms with Crippen molar-refractivity contribution >= 4 is 15.9 Å². The highest BCUT2D eigenvalue weighted by Crippen LogP contribution is 2.41. The second kappa shape index (κ2) is 11.9. The molecule has 1 unspecified atom stereocenters. The zero-order valence-electron chi connectivity index (χ0n) is 24.5. The van der Waals surface area contributed by atoms with E-state index < -0.39 is 21.6 Å². The third-order valence-electron chi connectivity index (χ3n) is 8.38. The number of halogens is 1. The number of amides is 1. The molecule has 0 aromatic heterocycles. The number of benzene rings is 2. The quantitative estimate of drug-likeness (QED) is 0.409. The van der Waals surface area contributed by atoms with E-state index in [4.69, 9.17) is 9.47 Å². The summed E-state index contributed by atoms with van der Waals surface area (Å²) in [6.07, 6.45) is 3.44. The minimum atomic E-state index is -3.23. The molecular formula is C32H43FN2O5S. The molecule has 1 spiro atoms. The first-order valence-corrected chi connectivity index (χ1v) is 16.7. The van der Waals surface area contributed by atoms with Crippen LogP contribution in [0.3, 0.4) is 0 Å². The zero-order chi connectivity index (χ0) is 29.3. The maximum Gasteiger partial charge on any atom is 0.410 e. The number of hydrogen-bond acceptors (Lipinski definition) is 6. The van der Waals surface area contributed by atoms with Crippen LogP contribution < -0.4 is 4.74 Å². The van der Waals surface area contributed by atoms with Gasteiger partial charge in [-0.05, 0) is 87.4 Å². The van der Waals surface area contributed by atoms with Crippen molar-refractivity contribution < 1.29 is 27.1 Å². The highest BCUT2D eigenvalue weighted by atomic mass is 32.2. The van der Waals surface area contributed by atoms with E-state index in [2.05, 4.69) is 12.1 Å². The minimum absolute atomic E-state index is 0.0183. The summed E-state index contributed by atoms with van der Waals surface area (Å²) in [6.45, 7) is 8.67. The van der Waals surface area contributed by atoms with Crippen LogP contribution in [0.1, 0.15) is 64.0 Å². The predicted molar refractivity (Wildman–Crippen MR) is 159 cm³/mol. The van der Waals surface area contributed by atoms with Crippen LogP contribution in [-0.2, 0) is 26.7 Å². The largest absolute Gasteiger partial charge is 0.487 e. The first-order valence-electron chi connectivity index (χ1n) is 14.8. The van der Waals surface area contributed by atoms with Gasteiger partial charge in [-0.1, -0.05) is 30.3 Å². The maximum atomic E-state index is 13.3. The van der Waals surface area contributed by atoms with Crippen LogP contribution in [0.5, 0.6) is 5.75 Å². The lowest BCUT2D eigenvalue weighted by molar-refractivity contribution is -0.0272. The van der Waals surface area contributed by atoms with Gasteiger partial charge in [-0.15, -0.1) is 0 Å². The highest BCUT2D eigenvalue weighted by Gasteiger charge is 2.41. The van der Waals surface area contributed by atoms with E-state index in [0.717, 1.165) is 48.1 Å². The number of sulfone groups is 1. The fourth-order valence-corrected chi connectivity index (χ4v) is 7.51. The summed E-state index contributed by atoms with van der Waals surface area (Å²) >= 11 is 0. The molecule has 0 aliphatic carbocycles. The summed E-state index contributed by atoms with van der Waals surface area (Å²) in [5.74, 6) is 1.04. The van der Waals surface area contributed by atoms with Gasteiger partial charge >= 0.3 is 6.09 Å². The van der Waals surface area contributed by atoms with E-state index in [0.29, 0.717) is 45.6 Å². The number of piperidine rings is 1. The van der Waals surface area contributed by atoms with Crippen LogP contribution in [0.15, 0.2) is 42.5 Å². The molecule has 3 heterocycles. The number of ether oxygens (including phenoxy) is 2. The summed E-state index contributed by atoms with van der Waals surface area (Å²) in [6, 6.07) is 14.0. The van der Waals surface area contributed by atoms with Crippen molar-refractivity contribution in [3.05, 3.63) is 53.6 Å². The Kier molecular flexibility index (Phi) is 8.67. The number of likely N-dealkylation sites (tertiary alicyclic amines) is 2. The van der Waals surface area contributed by atoms with Crippen LogP contribution >= 0.6 is 0 Å². The number of aryl methyl sites for hydroxylation is 1. The minimum Gasteiger partial charge on any atom is -0.487 e. The number of nitrogens with zero attached hydrogens (tertiary/aromatic N) is 2. The molecule has 1 amide bonds. The van der Waals surface area contributed by atoms with Crippen molar-refractivity contribution in [3.8, 4) is 16.9 Å². The molecule has 5 rings (SSSR count). The molecule has 7 nitrogen and oxygen atoms in total. The molecule has 2 aromatic carbocycles. The normalized spacial score (nSPS) is 21.0. The van der Waals surface area contributed by atoms with Crippen molar-refractivity contribution in [3.63, 3.8) is 0 Å². The number of rotatable bonds is 7. The second-order valence-electron chi connectivity index (χ2n) is 12.9. The van der Waals surface area contributed by atoms with Crippen LogP contribution in [0.25, 0.3) is 11.1 Å². The average molecular weight is 587 g/mol. The fourth-order valence-electron chi connectivity index (χ4n) is 6.09. The van der Waals surface area contributed by atoms with Crippen molar-refractivity contribution in [2.75, 3.05) is 38.5 Å². The molecule has 224 valence electrons. The molecule has 3 aliphatic heterocycles. The van der Waals surface area contributed by atoms with Gasteiger partial charge in [0.1, 0.15) is 23.1 Å². The van der Waals surface area contributed by atoms with Crippen LogP contribution in [0.4, 0.5) is 9.18 Å². The van der Waals surface area contributed by atoms with E-state index in [1.807, 2.05) is 56.0 Å². The Bertz CT molecular complexity index is 1330. The second-order valence-corrected chi connectivity index (χ2v) is 15.1. The van der Waals surface area contributed by atoms with Crippen molar-refractivity contribution in [1.29, 1.82) is 0 Å². The third-order valence-corrected chi connectivity index (χ3v) is 10.1. The summed E-state index contributed by atoms with van der Waals surface area (Å²) in [7, 11) is -3.23. The Morgan fingerprint density at radius 1 is 1.05 bits per heavy atom. The molecule has 0 N–H and O–H groups in total. The summed E-state index contributed by atoms with van der Waals surface area (Å²) in [5, 5.41) is 0. The molecule has 0 saturated carbocycles. The standard InChI is InChI=1S/C32H43FN2O5S/c1-31(2,3)40-30(36)35-18-14-32(15-19-35)13-11-27-21-26(9-10-29(27)39-32)25-7-5-24(6-8-25)23-41(37,38)20-4-16-34-17-12-28(33)22-34/h5-10,21,28H,4,11-20,22-23H2,1-3H3. The number of fused-ring (bicyclic) bond motifs is 1. The fraction of sp³-hybridized carbons (Fsp3) is 0.594. The van der Waals surface area contributed by atoms with E-state index in [9.17, 15) is 17.6 Å². The monoisotopic (exact) mass is 586 g/mol. The predicted octanol–water partition coefficient (Wildman–Crippen LogP) is 5.80. The van der Waals surface area contributed by atoms with E-state index in [-0.39, 0.29) is 23.2 Å². The van der Waals surface area contributed by atoms with Gasteiger partial charge < -0.3 is 19.3 Å². The first kappa shape index (κ1) is 29.8. The van der Waals surface area contributed by atoms with Crippen molar-refractivity contribution in [1.82, 2.24) is 9.80 Å².